The third-order valence-electron chi connectivity index (χ3n) is 11.2. The van der Waals surface area contributed by atoms with Crippen molar-refractivity contribution in [2.45, 2.75) is 69.7 Å². The van der Waals surface area contributed by atoms with Crippen LogP contribution in [0, 0.1) is 5.92 Å². The number of likely N-dealkylation sites (tertiary alicyclic amines) is 1. The van der Waals surface area contributed by atoms with Gasteiger partial charge in [0, 0.05) is 54.8 Å². The maximum Gasteiger partial charge on any atom is 0.411 e. The molecule has 2 aliphatic rings. The number of aromatic nitrogens is 1. The molecule has 0 radical (unpaired) electrons. The molecule has 1 atom stereocenters. The van der Waals surface area contributed by atoms with Gasteiger partial charge in [0.1, 0.15) is 11.9 Å². The number of carbonyl (C=O) groups excluding carboxylic acids is 2. The number of fused-ring (bicyclic) bond motifs is 1. The second kappa shape index (κ2) is 18.4. The third kappa shape index (κ3) is 10.0. The van der Waals surface area contributed by atoms with Gasteiger partial charge in [-0.15, -0.1) is 0 Å². The van der Waals surface area contributed by atoms with E-state index < -0.39 is 12.2 Å². The van der Waals surface area contributed by atoms with E-state index in [1.54, 1.807) is 12.1 Å². The van der Waals surface area contributed by atoms with Gasteiger partial charge in [-0.3, -0.25) is 14.9 Å². The number of aromatic amines is 1. The van der Waals surface area contributed by atoms with Crippen LogP contribution in [0.2, 0.25) is 0 Å². The van der Waals surface area contributed by atoms with E-state index in [0.717, 1.165) is 87.0 Å². The van der Waals surface area contributed by atoms with Crippen molar-refractivity contribution in [2.75, 3.05) is 31.5 Å². The van der Waals surface area contributed by atoms with Gasteiger partial charge in [-0.25, -0.2) is 4.79 Å². The predicted molar refractivity (Wildman–Crippen MR) is 219 cm³/mol. The predicted octanol–water partition coefficient (Wildman–Crippen LogP) is 7.12. The van der Waals surface area contributed by atoms with Crippen molar-refractivity contribution in [3.63, 3.8) is 0 Å². The van der Waals surface area contributed by atoms with Gasteiger partial charge in [-0.2, -0.15) is 0 Å². The monoisotopic (exact) mass is 757 g/mol. The highest BCUT2D eigenvalue weighted by molar-refractivity contribution is 5.94. The van der Waals surface area contributed by atoms with Crippen molar-refractivity contribution in [2.24, 2.45) is 5.92 Å². The van der Waals surface area contributed by atoms with E-state index in [2.05, 4.69) is 25.8 Å². The molecule has 1 aliphatic carbocycles. The molecule has 1 saturated heterocycles. The van der Waals surface area contributed by atoms with Gasteiger partial charge >= 0.3 is 6.09 Å². The first-order valence-electron chi connectivity index (χ1n) is 19.8. The Balaban J connectivity index is 0.772. The van der Waals surface area contributed by atoms with Gasteiger partial charge < -0.3 is 35.5 Å². The Hall–Kier alpha value is -5.49. The molecular weight excluding hydrogens is 707 g/mol. The number of anilines is 1. The quantitative estimate of drug-likeness (QED) is 0.0742. The van der Waals surface area contributed by atoms with E-state index >= 15 is 0 Å². The molecule has 2 fully saturated rings. The van der Waals surface area contributed by atoms with Crippen LogP contribution in [0.3, 0.4) is 0 Å². The van der Waals surface area contributed by atoms with E-state index in [1.165, 1.54) is 12.1 Å². The maximum absolute atomic E-state index is 13.1. The first-order valence-corrected chi connectivity index (χ1v) is 19.8. The summed E-state index contributed by atoms with van der Waals surface area (Å²) in [5.41, 5.74) is 4.95. The number of para-hydroxylation sites is 1. The summed E-state index contributed by atoms with van der Waals surface area (Å²) in [4.78, 5) is 42.7. The molecule has 1 aliphatic heterocycles. The largest absolute Gasteiger partial charge is 0.506 e. The molecule has 0 bridgehead atoms. The third-order valence-corrected chi connectivity index (χ3v) is 11.2. The Morgan fingerprint density at radius 3 is 2.34 bits per heavy atom. The van der Waals surface area contributed by atoms with E-state index in [9.17, 15) is 24.6 Å². The topological polar surface area (TPSA) is 156 Å². The number of hydrogen-bond donors (Lipinski definition) is 6. The number of nitrogens with one attached hydrogen (secondary N) is 4. The summed E-state index contributed by atoms with van der Waals surface area (Å²) in [6.07, 6.45) is 5.62. The molecule has 56 heavy (non-hydrogen) atoms. The van der Waals surface area contributed by atoms with Crippen LogP contribution in [-0.4, -0.2) is 70.4 Å². The van der Waals surface area contributed by atoms with E-state index in [-0.39, 0.29) is 35.9 Å². The van der Waals surface area contributed by atoms with Crippen LogP contribution in [0.15, 0.2) is 108 Å². The molecule has 6 N–H and O–H groups in total. The first kappa shape index (κ1) is 38.8. The second-order valence-electron chi connectivity index (χ2n) is 15.1. The van der Waals surface area contributed by atoms with Crippen LogP contribution >= 0.6 is 0 Å². The molecule has 11 nitrogen and oxygen atoms in total. The zero-order valence-electron chi connectivity index (χ0n) is 31.6. The van der Waals surface area contributed by atoms with Crippen molar-refractivity contribution >= 4 is 28.6 Å². The van der Waals surface area contributed by atoms with Crippen molar-refractivity contribution in [3.05, 3.63) is 130 Å². The van der Waals surface area contributed by atoms with Crippen molar-refractivity contribution in [1.82, 2.24) is 20.5 Å². The number of H-pyrrole nitrogens is 1. The fourth-order valence-electron chi connectivity index (χ4n) is 8.02. The van der Waals surface area contributed by atoms with Gasteiger partial charge in [0.05, 0.1) is 17.3 Å². The van der Waals surface area contributed by atoms with Gasteiger partial charge in [0.15, 0.2) is 0 Å². The lowest BCUT2D eigenvalue weighted by Crippen LogP contribution is -2.40. The minimum atomic E-state index is -0.848. The van der Waals surface area contributed by atoms with Crippen molar-refractivity contribution in [3.8, 4) is 16.9 Å². The average molecular weight is 758 g/mol. The molecule has 1 aromatic heterocycles. The number of aliphatic hydroxyl groups is 1. The van der Waals surface area contributed by atoms with Crippen molar-refractivity contribution in [1.29, 1.82) is 0 Å². The van der Waals surface area contributed by atoms with Gasteiger partial charge in [-0.1, -0.05) is 66.7 Å². The van der Waals surface area contributed by atoms with Crippen LogP contribution in [0.25, 0.3) is 22.0 Å². The Morgan fingerprint density at radius 1 is 0.839 bits per heavy atom. The molecular formula is C45H51N5O6. The molecule has 11 heteroatoms. The number of carbonyl (C=O) groups is 2. The number of rotatable bonds is 13. The summed E-state index contributed by atoms with van der Waals surface area (Å²) in [6, 6.07) is 31.6. The number of hydrogen-bond acceptors (Lipinski definition) is 8. The minimum absolute atomic E-state index is 0.0451. The summed E-state index contributed by atoms with van der Waals surface area (Å²) < 4.78 is 5.83. The van der Waals surface area contributed by atoms with Crippen LogP contribution in [0.5, 0.6) is 5.75 Å². The number of phenols is 1. The average Bonchev–Trinajstić information content (AvgIpc) is 3.22. The number of piperidine rings is 1. The highest BCUT2D eigenvalue weighted by Crippen LogP contribution is 2.31. The van der Waals surface area contributed by atoms with Crippen molar-refractivity contribution < 1.29 is 24.5 Å². The number of phenolic OH excluding ortho intramolecular Hbond substituents is 1. The highest BCUT2D eigenvalue weighted by atomic mass is 16.6. The number of amides is 2. The SMILES string of the molecule is O=C(Nc1ccccc1-c1ccccc1)OC1CCN(CCC2CCC(NC(=O)c3ccc(CNC[C@H](O)c4ccc(O)c5[nH]c(=O)ccc45)cc3)CC2)CC1. The first-order chi connectivity index (χ1) is 27.3. The molecule has 4 aromatic carbocycles. The Morgan fingerprint density at radius 2 is 1.57 bits per heavy atom. The van der Waals surface area contributed by atoms with Gasteiger partial charge in [-0.05, 0) is 104 Å². The summed E-state index contributed by atoms with van der Waals surface area (Å²) in [5.74, 6) is 0.547. The van der Waals surface area contributed by atoms with Crippen LogP contribution in [0.1, 0.15) is 72.5 Å². The lowest BCUT2D eigenvalue weighted by atomic mass is 9.84. The van der Waals surface area contributed by atoms with E-state index in [4.69, 9.17) is 4.74 Å². The van der Waals surface area contributed by atoms with Gasteiger partial charge in [0.2, 0.25) is 5.56 Å². The highest BCUT2D eigenvalue weighted by Gasteiger charge is 2.26. The number of nitrogens with zero attached hydrogens (tertiary/aromatic N) is 1. The minimum Gasteiger partial charge on any atom is -0.506 e. The van der Waals surface area contributed by atoms with E-state index in [0.29, 0.717) is 34.5 Å². The lowest BCUT2D eigenvalue weighted by molar-refractivity contribution is 0.0563. The zero-order chi connectivity index (χ0) is 38.9. The smallest absolute Gasteiger partial charge is 0.411 e. The standard InChI is InChI=1S/C45H51N5O6/c51-40-20-18-37(38-19-21-42(53)49-43(38)40)41(52)29-46-28-31-10-14-33(15-11-31)44(54)47-34-16-12-30(13-17-34)22-25-50-26-23-35(24-27-50)56-45(55)48-39-9-5-4-8-36(39)32-6-2-1-3-7-32/h1-11,14-15,18-21,30,34-35,41,46,51-52H,12-13,16-17,22-29H2,(H,47,54)(H,48,55)(H,49,53)/t30?,34?,41-/m0/s1. The normalized spacial score (nSPS) is 18.3. The van der Waals surface area contributed by atoms with Gasteiger partial charge in [0.25, 0.3) is 5.91 Å². The number of pyridine rings is 1. The molecule has 0 spiro atoms. The van der Waals surface area contributed by atoms with Crippen LogP contribution in [0.4, 0.5) is 10.5 Å². The Kier molecular flexibility index (Phi) is 12.8. The molecule has 2 heterocycles. The fourth-order valence-corrected chi connectivity index (χ4v) is 8.02. The summed E-state index contributed by atoms with van der Waals surface area (Å²) in [5, 5.41) is 31.0. The summed E-state index contributed by atoms with van der Waals surface area (Å²) in [7, 11) is 0. The maximum atomic E-state index is 13.1. The van der Waals surface area contributed by atoms with Crippen LogP contribution < -0.4 is 21.5 Å². The van der Waals surface area contributed by atoms with E-state index in [1.807, 2.05) is 78.9 Å². The number of benzene rings is 4. The molecule has 292 valence electrons. The molecule has 7 rings (SSSR count). The molecule has 5 aromatic rings. The Labute approximate surface area is 327 Å². The second-order valence-corrected chi connectivity index (χ2v) is 15.1. The summed E-state index contributed by atoms with van der Waals surface area (Å²) in [6.45, 7) is 3.65. The Bertz CT molecular complexity index is 2140. The number of aliphatic hydroxyl groups excluding tert-OH is 1. The fraction of sp³-hybridized carbons (Fsp3) is 0.356. The zero-order valence-corrected chi connectivity index (χ0v) is 31.6. The molecule has 1 saturated carbocycles. The van der Waals surface area contributed by atoms with Crippen LogP contribution in [-0.2, 0) is 11.3 Å². The number of ether oxygens (including phenoxy) is 1. The lowest BCUT2D eigenvalue weighted by Gasteiger charge is -2.34. The molecule has 0 unspecified atom stereocenters. The summed E-state index contributed by atoms with van der Waals surface area (Å²) >= 11 is 0. The number of aromatic hydroxyl groups is 1. The molecule has 2 amide bonds.